The van der Waals surface area contributed by atoms with Crippen molar-refractivity contribution in [1.82, 2.24) is 0 Å². The van der Waals surface area contributed by atoms with E-state index < -0.39 is 19.2 Å². The van der Waals surface area contributed by atoms with E-state index in [0.717, 1.165) is 33.1 Å². The third-order valence-corrected chi connectivity index (χ3v) is 30.1. The molecule has 1 aliphatic carbocycles. The summed E-state index contributed by atoms with van der Waals surface area (Å²) < 4.78 is 11.9. The molecule has 0 bridgehead atoms. The van der Waals surface area contributed by atoms with Gasteiger partial charge in [0.2, 0.25) is 0 Å². The van der Waals surface area contributed by atoms with Crippen LogP contribution in [0.2, 0.25) is 0 Å². The van der Waals surface area contributed by atoms with Crippen molar-refractivity contribution in [2.75, 3.05) is 13.2 Å². The predicted octanol–water partition coefficient (Wildman–Crippen LogP) is 9.75. The number of phenolic OH excluding ortho intramolecular Hbond substituents is 2. The number of fused-ring (bicyclic) bond motifs is 1. The van der Waals surface area contributed by atoms with Gasteiger partial charge in [-0.15, -0.1) is 0 Å². The number of ether oxygens (including phenoxy) is 2. The van der Waals surface area contributed by atoms with Crippen molar-refractivity contribution in [2.24, 2.45) is 0 Å². The van der Waals surface area contributed by atoms with Crippen molar-refractivity contribution in [3.05, 3.63) is 46.5 Å². The Balaban J connectivity index is 1.80. The van der Waals surface area contributed by atoms with Crippen LogP contribution in [0.5, 0.6) is 23.0 Å². The third kappa shape index (κ3) is 8.04. The molecule has 3 unspecified atom stereocenters. The van der Waals surface area contributed by atoms with Crippen LogP contribution in [-0.4, -0.2) is 33.9 Å². The molecule has 2 aromatic carbocycles. The molecular weight excluding hydrogens is 628 g/mol. The molecule has 1 aliphatic heterocycles. The fourth-order valence-electron chi connectivity index (χ4n) is 5.88. The molecule has 4 rings (SSSR count). The molecule has 0 aromatic heterocycles. The van der Waals surface area contributed by atoms with Gasteiger partial charge in [-0.1, -0.05) is 0 Å². The quantitative estimate of drug-likeness (QED) is 0.292. The number of aromatic hydroxyl groups is 2. The fourth-order valence-corrected chi connectivity index (χ4v) is 34.8. The molecule has 1 saturated carbocycles. The van der Waals surface area contributed by atoms with Gasteiger partial charge in [-0.2, -0.15) is 0 Å². The van der Waals surface area contributed by atoms with Crippen LogP contribution in [0.25, 0.3) is 0 Å². The fraction of sp³-hybridized carbons (Fsp3) is 0.647. The van der Waals surface area contributed by atoms with Crippen molar-refractivity contribution in [3.63, 3.8) is 0 Å². The average molecular weight is 680 g/mol. The Bertz CT molecular complexity index is 1220. The van der Waals surface area contributed by atoms with Crippen LogP contribution < -0.4 is 9.47 Å². The zero-order valence-corrected chi connectivity index (χ0v) is 30.7. The topological polar surface area (TPSA) is 58.9 Å². The van der Waals surface area contributed by atoms with Crippen LogP contribution in [0.4, 0.5) is 0 Å². The van der Waals surface area contributed by atoms with Gasteiger partial charge in [0.05, 0.1) is 0 Å². The molecule has 41 heavy (non-hydrogen) atoms. The van der Waals surface area contributed by atoms with E-state index in [4.69, 9.17) is 9.47 Å². The number of benzene rings is 2. The van der Waals surface area contributed by atoms with E-state index in [1.807, 2.05) is 26.0 Å². The average Bonchev–Trinajstić information content (AvgIpc) is 3.16. The summed E-state index contributed by atoms with van der Waals surface area (Å²) in [6.07, 6.45) is 8.02. The molecule has 2 aliphatic rings. The molecule has 2 aromatic rings. The van der Waals surface area contributed by atoms with Gasteiger partial charge in [-0.3, -0.25) is 0 Å². The van der Waals surface area contributed by atoms with Crippen LogP contribution in [-0.2, 0) is 41.5 Å². The third-order valence-electron chi connectivity index (χ3n) is 8.35. The molecular formula is C34H52O4S2Zr. The molecule has 0 radical (unpaired) electrons. The van der Waals surface area contributed by atoms with Gasteiger partial charge in [0.15, 0.2) is 0 Å². The first-order chi connectivity index (χ1) is 19.3. The second kappa shape index (κ2) is 13.9. The van der Waals surface area contributed by atoms with Crippen LogP contribution >= 0.6 is 14.2 Å². The summed E-state index contributed by atoms with van der Waals surface area (Å²) in [6.45, 7) is 18.5. The number of hydrogen-bond acceptors (Lipinski definition) is 4. The monoisotopic (exact) mass is 678 g/mol. The van der Waals surface area contributed by atoms with Crippen molar-refractivity contribution in [2.45, 2.75) is 127 Å². The Kier molecular flexibility index (Phi) is 11.2. The standard InChI is InChI=1S/C34H52O4S2.Zr/c1-9-37-27-19-25(33(3,4)5)17-23(31(27)35)21-39-29-15-13-11-12-14-16-30(29)40-22-24-18-26(34(6,7)8)20-28(32(24)36)38-10-2;/h17-20,29-30,35-36H,9-16,21-22H2,1-8H3;/t29-,30?;/m0./s1. The van der Waals surface area contributed by atoms with Gasteiger partial charge in [-0.25, -0.2) is 0 Å². The number of hydrogen-bond donors (Lipinski definition) is 2. The van der Waals surface area contributed by atoms with Crippen LogP contribution in [0.1, 0.15) is 116 Å². The molecule has 2 N–H and O–H groups in total. The van der Waals surface area contributed by atoms with Gasteiger partial charge in [0.1, 0.15) is 0 Å². The van der Waals surface area contributed by atoms with Crippen LogP contribution in [0, 0.1) is 0 Å². The van der Waals surface area contributed by atoms with Crippen molar-refractivity contribution in [3.8, 4) is 23.0 Å². The van der Waals surface area contributed by atoms with Crippen molar-refractivity contribution >= 4 is 14.2 Å². The summed E-state index contributed by atoms with van der Waals surface area (Å²) in [5.41, 5.74) is 4.65. The molecule has 0 spiro atoms. The summed E-state index contributed by atoms with van der Waals surface area (Å²) in [5.74, 6) is 3.98. The van der Waals surface area contributed by atoms with E-state index in [9.17, 15) is 10.2 Å². The van der Waals surface area contributed by atoms with Crippen molar-refractivity contribution in [1.29, 1.82) is 0 Å². The maximum atomic E-state index is 11.3. The summed E-state index contributed by atoms with van der Waals surface area (Å²) in [6, 6.07) is 8.63. The van der Waals surface area contributed by atoms with Gasteiger partial charge in [-0.05, 0) is 0 Å². The van der Waals surface area contributed by atoms with Gasteiger partial charge >= 0.3 is 263 Å². The molecule has 1 heterocycles. The Morgan fingerprint density at radius 2 is 1.07 bits per heavy atom. The van der Waals surface area contributed by atoms with Gasteiger partial charge in [0, 0.05) is 0 Å². The Morgan fingerprint density at radius 3 is 1.41 bits per heavy atom. The van der Waals surface area contributed by atoms with E-state index in [0.29, 0.717) is 50.5 Å². The van der Waals surface area contributed by atoms with Gasteiger partial charge < -0.3 is 0 Å². The van der Waals surface area contributed by atoms with E-state index in [-0.39, 0.29) is 10.8 Å². The zero-order chi connectivity index (χ0) is 29.9. The molecule has 4 nitrogen and oxygen atoms in total. The molecule has 7 heteroatoms. The Morgan fingerprint density at radius 1 is 0.683 bits per heavy atom. The first kappa shape index (κ1) is 33.1. The molecule has 228 valence electrons. The second-order valence-corrected chi connectivity index (χ2v) is 29.2. The minimum absolute atomic E-state index is 0.00595. The second-order valence-electron chi connectivity index (χ2n) is 13.6. The van der Waals surface area contributed by atoms with E-state index in [1.165, 1.54) is 49.7 Å². The zero-order valence-electron chi connectivity index (χ0n) is 26.6. The Hall–Kier alpha value is -0.777. The summed E-state index contributed by atoms with van der Waals surface area (Å²) >= 11 is -0.809. The first-order valence-electron chi connectivity index (χ1n) is 15.5. The minimum atomic E-state index is -0.809. The van der Waals surface area contributed by atoms with Crippen molar-refractivity contribution < 1.29 is 38.8 Å². The summed E-state index contributed by atoms with van der Waals surface area (Å²) in [4.78, 5) is 0. The van der Waals surface area contributed by atoms with E-state index >= 15 is 0 Å². The normalized spacial score (nSPS) is 23.1. The number of phenols is 2. The van der Waals surface area contributed by atoms with Gasteiger partial charge in [0.25, 0.3) is 0 Å². The summed E-state index contributed by atoms with van der Waals surface area (Å²) in [7, 11) is 0.682. The Labute approximate surface area is 260 Å². The van der Waals surface area contributed by atoms with Crippen LogP contribution in [0.15, 0.2) is 24.3 Å². The van der Waals surface area contributed by atoms with Crippen LogP contribution in [0.3, 0.4) is 0 Å². The molecule has 1 fully saturated rings. The maximum absolute atomic E-state index is 11.3. The predicted molar refractivity (Wildman–Crippen MR) is 174 cm³/mol. The molecule has 0 saturated heterocycles. The summed E-state index contributed by atoms with van der Waals surface area (Å²) in [5, 5.41) is 24.2. The van der Waals surface area contributed by atoms with E-state index in [1.54, 1.807) is 0 Å². The van der Waals surface area contributed by atoms with E-state index in [2.05, 4.69) is 53.7 Å². The number of rotatable bonds is 8. The molecule has 0 amide bonds. The SMILES string of the molecule is CCOc1cc(C(C)(C)C)cc(C[S]2=[Zr]=[S](Cc3cc(C(C)(C)C)cc(OCC)c3O)[C@H]3CCCCCCC32)c1O. The molecule has 4 atom stereocenters. The first-order valence-corrected chi connectivity index (χ1v) is 24.4.